The molecule has 2 saturated heterocycles. The van der Waals surface area contributed by atoms with Crippen molar-refractivity contribution in [3.05, 3.63) is 67.6 Å². The average molecular weight is 446 g/mol. The van der Waals surface area contributed by atoms with E-state index in [1.54, 1.807) is 24.3 Å². The average Bonchev–Trinajstić information content (AvgIpc) is 3.02. The van der Waals surface area contributed by atoms with E-state index in [0.29, 0.717) is 46.0 Å². The first-order valence-electron chi connectivity index (χ1n) is 8.55. The van der Waals surface area contributed by atoms with Gasteiger partial charge in [0.2, 0.25) is 6.29 Å². The second-order valence-corrected chi connectivity index (χ2v) is 8.78. The first kappa shape index (κ1) is 19.5. The van der Waals surface area contributed by atoms with Crippen molar-refractivity contribution in [1.82, 2.24) is 0 Å². The summed E-state index contributed by atoms with van der Waals surface area (Å²) in [5.41, 5.74) is 1.00. The molecule has 0 unspecified atom stereocenters. The predicted octanol–water partition coefficient (Wildman–Crippen LogP) is 5.79. The molecule has 0 saturated carbocycles. The van der Waals surface area contributed by atoms with Crippen LogP contribution in [-0.2, 0) is 27.1 Å². The van der Waals surface area contributed by atoms with Crippen LogP contribution in [0.3, 0.4) is 0 Å². The van der Waals surface area contributed by atoms with Gasteiger partial charge in [-0.1, -0.05) is 58.5 Å². The van der Waals surface area contributed by atoms with Crippen molar-refractivity contribution < 1.29 is 14.3 Å². The van der Waals surface area contributed by atoms with Gasteiger partial charge in [-0.3, -0.25) is 4.79 Å². The van der Waals surface area contributed by atoms with Crippen LogP contribution in [0.4, 0.5) is 0 Å². The maximum absolute atomic E-state index is 13.3. The van der Waals surface area contributed by atoms with Crippen molar-refractivity contribution in [3.63, 3.8) is 0 Å². The molecule has 2 aliphatic rings. The van der Waals surface area contributed by atoms with Crippen LogP contribution in [0.15, 0.2) is 36.4 Å². The molecule has 0 spiro atoms. The van der Waals surface area contributed by atoms with Crippen LogP contribution in [0.5, 0.6) is 0 Å². The van der Waals surface area contributed by atoms with Gasteiger partial charge in [-0.15, -0.1) is 0 Å². The van der Waals surface area contributed by atoms with E-state index in [-0.39, 0.29) is 11.9 Å². The second-order valence-electron chi connectivity index (χ2n) is 7.10. The van der Waals surface area contributed by atoms with E-state index in [9.17, 15) is 4.79 Å². The number of Topliss-reactive ketones (excluding diaryl/α,β-unsaturated/α-hetero) is 1. The summed E-state index contributed by atoms with van der Waals surface area (Å²) in [6, 6.07) is 10.7. The lowest BCUT2D eigenvalue weighted by Crippen LogP contribution is -2.48. The van der Waals surface area contributed by atoms with E-state index >= 15 is 0 Å². The third kappa shape index (κ3) is 3.87. The molecule has 2 bridgehead atoms. The highest BCUT2D eigenvalue weighted by molar-refractivity contribution is 6.35. The molecule has 2 heterocycles. The summed E-state index contributed by atoms with van der Waals surface area (Å²) < 4.78 is 11.2. The van der Waals surface area contributed by atoms with Gasteiger partial charge < -0.3 is 9.47 Å². The monoisotopic (exact) mass is 444 g/mol. The zero-order valence-electron chi connectivity index (χ0n) is 14.2. The predicted molar refractivity (Wildman–Crippen MR) is 107 cm³/mol. The minimum Gasteiger partial charge on any atom is -0.343 e. The van der Waals surface area contributed by atoms with E-state index in [1.807, 2.05) is 12.1 Å². The molecule has 0 N–H and O–H groups in total. The molecule has 7 heteroatoms. The summed E-state index contributed by atoms with van der Waals surface area (Å²) >= 11 is 24.8. The van der Waals surface area contributed by atoms with Gasteiger partial charge in [0.05, 0.1) is 12.7 Å². The Balaban J connectivity index is 1.74. The number of hydrogen-bond acceptors (Lipinski definition) is 3. The van der Waals surface area contributed by atoms with E-state index < -0.39 is 11.7 Å². The maximum atomic E-state index is 13.3. The van der Waals surface area contributed by atoms with Crippen LogP contribution in [0.2, 0.25) is 20.1 Å². The highest BCUT2D eigenvalue weighted by Crippen LogP contribution is 2.45. The van der Waals surface area contributed by atoms with Gasteiger partial charge in [-0.05, 0) is 54.7 Å². The molecule has 142 valence electrons. The van der Waals surface area contributed by atoms with Gasteiger partial charge in [0.15, 0.2) is 5.78 Å². The smallest absolute Gasteiger partial charge is 0.218 e. The number of ketones is 1. The summed E-state index contributed by atoms with van der Waals surface area (Å²) in [6.07, 6.45) is 0.507. The quantitative estimate of drug-likeness (QED) is 0.597. The molecule has 2 atom stereocenters. The number of fused-ring (bicyclic) bond motifs is 2. The highest BCUT2D eigenvalue weighted by Gasteiger charge is 2.53. The van der Waals surface area contributed by atoms with Crippen molar-refractivity contribution in [2.75, 3.05) is 6.61 Å². The minimum absolute atomic E-state index is 0.0757. The lowest BCUT2D eigenvalue weighted by Gasteiger charge is -2.38. The van der Waals surface area contributed by atoms with Crippen molar-refractivity contribution in [1.29, 1.82) is 0 Å². The molecule has 2 aromatic carbocycles. The topological polar surface area (TPSA) is 35.5 Å². The van der Waals surface area contributed by atoms with Crippen LogP contribution < -0.4 is 0 Å². The van der Waals surface area contributed by atoms with Gasteiger partial charge in [0.1, 0.15) is 0 Å². The van der Waals surface area contributed by atoms with Crippen LogP contribution in [-0.4, -0.2) is 24.8 Å². The molecule has 4 rings (SSSR count). The van der Waals surface area contributed by atoms with E-state index in [2.05, 4.69) is 0 Å². The van der Waals surface area contributed by atoms with E-state index in [4.69, 9.17) is 55.9 Å². The van der Waals surface area contributed by atoms with Gasteiger partial charge >= 0.3 is 0 Å². The van der Waals surface area contributed by atoms with Crippen LogP contribution in [0, 0.1) is 5.41 Å². The second kappa shape index (κ2) is 7.55. The lowest BCUT2D eigenvalue weighted by atomic mass is 9.68. The summed E-state index contributed by atoms with van der Waals surface area (Å²) in [5, 5.41) is 2.19. The summed E-state index contributed by atoms with van der Waals surface area (Å²) in [4.78, 5) is 13.3. The maximum Gasteiger partial charge on any atom is 0.218 e. The molecule has 0 amide bonds. The molecule has 2 aliphatic heterocycles. The number of rotatable bonds is 4. The Bertz CT molecular complexity index is 845. The molecule has 3 nitrogen and oxygen atoms in total. The largest absolute Gasteiger partial charge is 0.343 e. The fourth-order valence-electron chi connectivity index (χ4n) is 3.92. The van der Waals surface area contributed by atoms with Crippen LogP contribution >= 0.6 is 46.4 Å². The zero-order valence-corrected chi connectivity index (χ0v) is 17.2. The van der Waals surface area contributed by atoms with Gasteiger partial charge in [-0.25, -0.2) is 0 Å². The van der Waals surface area contributed by atoms with E-state index in [0.717, 1.165) is 11.1 Å². The Hall–Kier alpha value is -0.810. The van der Waals surface area contributed by atoms with Gasteiger partial charge in [0.25, 0.3) is 0 Å². The van der Waals surface area contributed by atoms with E-state index in [1.165, 1.54) is 0 Å². The Kier molecular flexibility index (Phi) is 5.45. The molecule has 27 heavy (non-hydrogen) atoms. The standard InChI is InChI=1S/C20H16Cl4O3/c21-13-3-1-11(16(23)5-13)7-20(8-12-2-4-14(22)6-17(12)24)9-15-10-26-19(27-15)18(20)25/h1-6,15,19H,7-10H2/t15-,19+/m0/s1. The van der Waals surface area contributed by atoms with Crippen molar-refractivity contribution in [2.45, 2.75) is 31.7 Å². The number of halogens is 4. The first-order valence-corrected chi connectivity index (χ1v) is 10.1. The molecule has 0 aromatic heterocycles. The number of hydrogen-bond donors (Lipinski definition) is 0. The number of ether oxygens (including phenoxy) is 2. The fourth-order valence-corrected chi connectivity index (χ4v) is 4.87. The van der Waals surface area contributed by atoms with Crippen molar-refractivity contribution >= 4 is 52.2 Å². The summed E-state index contributed by atoms with van der Waals surface area (Å²) in [5.74, 6) is -0.0757. The Morgan fingerprint density at radius 1 is 0.926 bits per heavy atom. The third-order valence-electron chi connectivity index (χ3n) is 5.19. The van der Waals surface area contributed by atoms with Crippen LogP contribution in [0.1, 0.15) is 17.5 Å². The first-order chi connectivity index (χ1) is 12.9. The molecule has 0 aliphatic carbocycles. The van der Waals surface area contributed by atoms with Crippen molar-refractivity contribution in [2.24, 2.45) is 5.41 Å². The summed E-state index contributed by atoms with van der Waals surface area (Å²) in [7, 11) is 0. The molecule has 2 aromatic rings. The SMILES string of the molecule is O=C1[C@@H]2OC[C@H](CC1(Cc1ccc(Cl)cc1Cl)Cc1ccc(Cl)cc1Cl)O2. The molecular weight excluding hydrogens is 430 g/mol. The Morgan fingerprint density at radius 2 is 1.48 bits per heavy atom. The van der Waals surface area contributed by atoms with Crippen LogP contribution in [0.25, 0.3) is 0 Å². The molecule has 2 fully saturated rings. The fraction of sp³-hybridized carbons (Fsp3) is 0.350. The van der Waals surface area contributed by atoms with Gasteiger partial charge in [-0.2, -0.15) is 0 Å². The zero-order chi connectivity index (χ0) is 19.2. The third-order valence-corrected chi connectivity index (χ3v) is 6.37. The van der Waals surface area contributed by atoms with Crippen molar-refractivity contribution in [3.8, 4) is 0 Å². The Morgan fingerprint density at radius 3 is 2.00 bits per heavy atom. The molecular formula is C20H16Cl4O3. The lowest BCUT2D eigenvalue weighted by molar-refractivity contribution is -0.168. The highest BCUT2D eigenvalue weighted by atomic mass is 35.5. The number of carbonyl (C=O) groups is 1. The normalized spacial score (nSPS) is 23.6. The molecule has 0 radical (unpaired) electrons. The van der Waals surface area contributed by atoms with Gasteiger partial charge in [0, 0.05) is 25.5 Å². The number of carbonyl (C=O) groups excluding carboxylic acids is 1. The minimum atomic E-state index is -0.832. The number of benzene rings is 2. The Labute approximate surface area is 177 Å². The summed E-state index contributed by atoms with van der Waals surface area (Å²) in [6.45, 7) is 0.418.